The predicted molar refractivity (Wildman–Crippen MR) is 144 cm³/mol. The molecule has 1 saturated heterocycles. The molecule has 1 N–H and O–H groups in total. The van der Waals surface area contributed by atoms with E-state index in [0.717, 1.165) is 11.3 Å². The molecular weight excluding hydrogens is 528 g/mol. The van der Waals surface area contributed by atoms with E-state index in [1.54, 1.807) is 20.4 Å². The molecule has 3 aromatic rings. The predicted octanol–water partition coefficient (Wildman–Crippen LogP) is 3.59. The Morgan fingerprint density at radius 2 is 1.84 bits per heavy atom. The highest BCUT2D eigenvalue weighted by atomic mass is 35.5. The van der Waals surface area contributed by atoms with Gasteiger partial charge in [0.05, 0.1) is 23.4 Å². The second-order valence-corrected chi connectivity index (χ2v) is 10.5. The number of aromatic nitrogens is 2. The molecule has 1 fully saturated rings. The Bertz CT molecular complexity index is 1400. The van der Waals surface area contributed by atoms with Crippen LogP contribution in [0.2, 0.25) is 5.02 Å². The first-order chi connectivity index (χ1) is 18.4. The number of nitrogens with zero attached hydrogens (tertiary/aromatic N) is 4. The van der Waals surface area contributed by atoms with Gasteiger partial charge in [0.25, 0.3) is 5.91 Å². The molecule has 11 heteroatoms. The number of amides is 2. The largest absolute Gasteiger partial charge is 0.501 e. The summed E-state index contributed by atoms with van der Waals surface area (Å²) in [6.07, 6.45) is 1.36. The summed E-state index contributed by atoms with van der Waals surface area (Å²) in [6.45, 7) is 1.80. The zero-order chi connectivity index (χ0) is 26.6. The van der Waals surface area contributed by atoms with E-state index >= 15 is 0 Å². The number of likely N-dealkylation sites (tertiary alicyclic amines) is 1. The van der Waals surface area contributed by atoms with Gasteiger partial charge >= 0.3 is 5.56 Å². The summed E-state index contributed by atoms with van der Waals surface area (Å²) in [7, 11) is 0. The first kappa shape index (κ1) is 26.1. The lowest BCUT2D eigenvalue weighted by molar-refractivity contribution is -0.129. The number of aromatic hydroxyl groups is 1. The molecule has 0 aliphatic carbocycles. The second kappa shape index (κ2) is 11.5. The Kier molecular flexibility index (Phi) is 7.90. The quantitative estimate of drug-likeness (QED) is 0.424. The van der Waals surface area contributed by atoms with Crippen LogP contribution >= 0.6 is 23.4 Å². The van der Waals surface area contributed by atoms with E-state index < -0.39 is 23.3 Å². The Labute approximate surface area is 229 Å². The third-order valence-corrected chi connectivity index (χ3v) is 8.20. The highest BCUT2D eigenvalue weighted by molar-refractivity contribution is 8.00. The third-order valence-electron chi connectivity index (χ3n) is 6.70. The first-order valence-corrected chi connectivity index (χ1v) is 13.8. The maximum Gasteiger partial charge on any atom is 0.315 e. The average Bonchev–Trinajstić information content (AvgIpc) is 3.42. The maximum atomic E-state index is 13.3. The number of rotatable bonds is 8. The van der Waals surface area contributed by atoms with Gasteiger partial charge in [0, 0.05) is 24.5 Å². The van der Waals surface area contributed by atoms with E-state index in [4.69, 9.17) is 16.3 Å². The number of ether oxygens (including phenoxy) is 1. The minimum Gasteiger partial charge on any atom is -0.501 e. The van der Waals surface area contributed by atoms with Crippen LogP contribution in [0, 0.1) is 0 Å². The molecular formula is C27H27ClN4O5S. The molecule has 0 saturated carbocycles. The molecule has 0 unspecified atom stereocenters. The van der Waals surface area contributed by atoms with E-state index in [2.05, 4.69) is 4.98 Å². The highest BCUT2D eigenvalue weighted by Crippen LogP contribution is 2.35. The zero-order valence-corrected chi connectivity index (χ0v) is 22.2. The minimum atomic E-state index is -0.869. The van der Waals surface area contributed by atoms with Crippen molar-refractivity contribution in [3.8, 4) is 11.5 Å². The van der Waals surface area contributed by atoms with Crippen molar-refractivity contribution >= 4 is 35.2 Å². The van der Waals surface area contributed by atoms with Crippen LogP contribution < -0.4 is 10.3 Å². The number of hydrogen-bond donors (Lipinski definition) is 1. The van der Waals surface area contributed by atoms with Crippen LogP contribution in [-0.2, 0) is 11.3 Å². The number of fused-ring (bicyclic) bond motifs is 1. The standard InChI is InChI=1S/C27H27ClN4O5S/c28-19-9-4-5-11-21(19)38-17-22(33)31-12-6-10-20(31)25-29-26(35)24(34)23-27(36)30(13-14-32(23)25)15-16-37-18-7-2-1-3-8-18/h1-5,7-9,11,20,34H,6,10,12-17H2/t20-/m0/s1. The smallest absolute Gasteiger partial charge is 0.315 e. The van der Waals surface area contributed by atoms with Gasteiger partial charge in [-0.05, 0) is 37.1 Å². The Hall–Kier alpha value is -3.50. The van der Waals surface area contributed by atoms with Gasteiger partial charge in [-0.25, -0.2) is 0 Å². The van der Waals surface area contributed by atoms with E-state index in [1.165, 1.54) is 11.8 Å². The van der Waals surface area contributed by atoms with Gasteiger partial charge < -0.3 is 24.2 Å². The number of halogens is 1. The fraction of sp³-hybridized carbons (Fsp3) is 0.333. The lowest BCUT2D eigenvalue weighted by Gasteiger charge is -2.33. The number of para-hydroxylation sites is 1. The van der Waals surface area contributed by atoms with Crippen molar-refractivity contribution in [2.45, 2.75) is 30.3 Å². The number of thioether (sulfide) groups is 1. The monoisotopic (exact) mass is 554 g/mol. The van der Waals surface area contributed by atoms with E-state index in [0.29, 0.717) is 49.2 Å². The van der Waals surface area contributed by atoms with Gasteiger partial charge in [0.2, 0.25) is 11.7 Å². The van der Waals surface area contributed by atoms with Gasteiger partial charge in [-0.15, -0.1) is 11.8 Å². The van der Waals surface area contributed by atoms with Crippen molar-refractivity contribution in [3.63, 3.8) is 0 Å². The molecule has 38 heavy (non-hydrogen) atoms. The van der Waals surface area contributed by atoms with Crippen LogP contribution in [0.15, 0.2) is 64.3 Å². The molecule has 1 aromatic heterocycles. The average molecular weight is 555 g/mol. The summed E-state index contributed by atoms with van der Waals surface area (Å²) in [6, 6.07) is 16.2. The molecule has 2 aliphatic rings. The van der Waals surface area contributed by atoms with E-state index in [9.17, 15) is 19.5 Å². The normalized spacial score (nSPS) is 17.0. The lowest BCUT2D eigenvalue weighted by atomic mass is 10.1. The van der Waals surface area contributed by atoms with Crippen molar-refractivity contribution in [3.05, 3.63) is 81.5 Å². The number of hydrogen-bond acceptors (Lipinski definition) is 7. The molecule has 2 amide bonds. The SMILES string of the molecule is O=C1c2c(O)c(=O)nc([C@@H]3CCCN3C(=O)CSc3ccccc3Cl)n2CCN1CCOc1ccccc1. The minimum absolute atomic E-state index is 0.0873. The van der Waals surface area contributed by atoms with Crippen LogP contribution in [0.3, 0.4) is 0 Å². The molecule has 198 valence electrons. The molecule has 3 heterocycles. The molecule has 9 nitrogen and oxygen atoms in total. The maximum absolute atomic E-state index is 13.3. The molecule has 0 radical (unpaired) electrons. The van der Waals surface area contributed by atoms with Crippen LogP contribution in [0.4, 0.5) is 0 Å². The van der Waals surface area contributed by atoms with Crippen LogP contribution in [-0.4, -0.2) is 68.3 Å². The molecule has 0 spiro atoms. The second-order valence-electron chi connectivity index (χ2n) is 9.04. The van der Waals surface area contributed by atoms with Crippen molar-refractivity contribution < 1.29 is 19.4 Å². The first-order valence-electron chi connectivity index (χ1n) is 12.4. The van der Waals surface area contributed by atoms with Crippen LogP contribution in [0.25, 0.3) is 0 Å². The number of benzene rings is 2. The summed E-state index contributed by atoms with van der Waals surface area (Å²) < 4.78 is 7.32. The highest BCUT2D eigenvalue weighted by Gasteiger charge is 2.37. The van der Waals surface area contributed by atoms with Crippen molar-refractivity contribution in [1.29, 1.82) is 0 Å². The van der Waals surface area contributed by atoms with Crippen molar-refractivity contribution in [2.75, 3.05) is 32.0 Å². The fourth-order valence-electron chi connectivity index (χ4n) is 4.85. The molecule has 0 bridgehead atoms. The number of carbonyl (C=O) groups excluding carboxylic acids is 2. The molecule has 5 rings (SSSR count). The summed E-state index contributed by atoms with van der Waals surface area (Å²) in [5, 5.41) is 11.1. The summed E-state index contributed by atoms with van der Waals surface area (Å²) in [5.41, 5.74) is -0.956. The van der Waals surface area contributed by atoms with Crippen LogP contribution in [0.1, 0.15) is 35.2 Å². The molecule has 2 aliphatic heterocycles. The number of carbonyl (C=O) groups is 2. The van der Waals surface area contributed by atoms with Gasteiger partial charge in [-0.1, -0.05) is 41.9 Å². The fourth-order valence-corrected chi connectivity index (χ4v) is 5.98. The van der Waals surface area contributed by atoms with Crippen LogP contribution in [0.5, 0.6) is 11.5 Å². The van der Waals surface area contributed by atoms with Gasteiger partial charge in [-0.3, -0.25) is 14.4 Å². The van der Waals surface area contributed by atoms with Gasteiger partial charge in [0.15, 0.2) is 5.69 Å². The zero-order valence-electron chi connectivity index (χ0n) is 20.6. The lowest BCUT2D eigenvalue weighted by Crippen LogP contribution is -2.46. The van der Waals surface area contributed by atoms with Crippen molar-refractivity contribution in [2.24, 2.45) is 0 Å². The van der Waals surface area contributed by atoms with Gasteiger partial charge in [-0.2, -0.15) is 4.98 Å². The topological polar surface area (TPSA) is 105 Å². The summed E-state index contributed by atoms with van der Waals surface area (Å²) >= 11 is 7.59. The Morgan fingerprint density at radius 3 is 2.63 bits per heavy atom. The summed E-state index contributed by atoms with van der Waals surface area (Å²) in [4.78, 5) is 47.4. The Balaban J connectivity index is 1.33. The third kappa shape index (κ3) is 5.37. The molecule has 2 aromatic carbocycles. The summed E-state index contributed by atoms with van der Waals surface area (Å²) in [5.74, 6) is -0.0138. The van der Waals surface area contributed by atoms with E-state index in [1.807, 2.05) is 48.5 Å². The molecule has 1 atom stereocenters. The van der Waals surface area contributed by atoms with E-state index in [-0.39, 0.29) is 24.0 Å². The van der Waals surface area contributed by atoms with Crippen molar-refractivity contribution in [1.82, 2.24) is 19.4 Å². The Morgan fingerprint density at radius 1 is 1.08 bits per heavy atom. The van der Waals surface area contributed by atoms with Gasteiger partial charge in [0.1, 0.15) is 18.2 Å².